The van der Waals surface area contributed by atoms with Crippen molar-refractivity contribution < 1.29 is 4.79 Å². The maximum absolute atomic E-state index is 12.6. The molecule has 3 aromatic rings. The van der Waals surface area contributed by atoms with Gasteiger partial charge in [-0.15, -0.1) is 0 Å². The van der Waals surface area contributed by atoms with Gasteiger partial charge in [0.2, 0.25) is 11.9 Å². The second-order valence-electron chi connectivity index (χ2n) is 7.39. The Morgan fingerprint density at radius 1 is 1.22 bits per heavy atom. The number of aryl methyl sites for hydroxylation is 1. The number of hydrogen-bond donors (Lipinski definition) is 2. The largest absolute Gasteiger partial charge is 0.355 e. The van der Waals surface area contributed by atoms with Gasteiger partial charge in [0.1, 0.15) is 0 Å². The Kier molecular flexibility index (Phi) is 5.10. The molecule has 1 unspecified atom stereocenters. The van der Waals surface area contributed by atoms with Crippen LogP contribution < -0.4 is 10.2 Å². The summed E-state index contributed by atoms with van der Waals surface area (Å²) in [7, 11) is 0. The summed E-state index contributed by atoms with van der Waals surface area (Å²) in [5.41, 5.74) is 4.53. The molecule has 1 aromatic heterocycles. The van der Waals surface area contributed by atoms with Gasteiger partial charge in [0.15, 0.2) is 0 Å². The van der Waals surface area contributed by atoms with E-state index in [2.05, 4.69) is 51.4 Å². The van der Waals surface area contributed by atoms with Crippen molar-refractivity contribution in [2.75, 3.05) is 24.5 Å². The molecule has 2 N–H and O–H groups in total. The van der Waals surface area contributed by atoms with Crippen LogP contribution in [0.5, 0.6) is 0 Å². The molecule has 0 aliphatic carbocycles. The van der Waals surface area contributed by atoms with E-state index in [1.807, 2.05) is 24.3 Å². The van der Waals surface area contributed by atoms with Crippen molar-refractivity contribution in [3.8, 4) is 0 Å². The number of hydrogen-bond acceptors (Lipinski definition) is 3. The van der Waals surface area contributed by atoms with Gasteiger partial charge in [0, 0.05) is 19.6 Å². The third-order valence-corrected chi connectivity index (χ3v) is 5.30. The standard InChI is InChI=1S/C22H26N4O/c1-16-8-10-17(11-9-16)12-13-23-21(27)18-5-4-14-26(15-18)22-24-19-6-2-3-7-20(19)25-22/h2-3,6-11,18H,4-5,12-15H2,1H3,(H,23,27)(H,24,25). The molecule has 1 saturated heterocycles. The van der Waals surface area contributed by atoms with Gasteiger partial charge in [0.25, 0.3) is 0 Å². The van der Waals surface area contributed by atoms with Gasteiger partial charge in [0.05, 0.1) is 17.0 Å². The number of benzene rings is 2. The molecular formula is C22H26N4O. The molecule has 1 aliphatic heterocycles. The number of imidazole rings is 1. The molecule has 2 heterocycles. The number of carbonyl (C=O) groups is 1. The van der Waals surface area contributed by atoms with Crippen molar-refractivity contribution in [2.45, 2.75) is 26.2 Å². The van der Waals surface area contributed by atoms with E-state index in [0.29, 0.717) is 6.54 Å². The number of para-hydroxylation sites is 2. The highest BCUT2D eigenvalue weighted by molar-refractivity contribution is 5.80. The van der Waals surface area contributed by atoms with Crippen LogP contribution in [0.4, 0.5) is 5.95 Å². The number of nitrogens with one attached hydrogen (secondary N) is 2. The molecule has 0 saturated carbocycles. The summed E-state index contributed by atoms with van der Waals surface area (Å²) >= 11 is 0. The van der Waals surface area contributed by atoms with Gasteiger partial charge >= 0.3 is 0 Å². The highest BCUT2D eigenvalue weighted by Crippen LogP contribution is 2.23. The first kappa shape index (κ1) is 17.6. The second kappa shape index (κ2) is 7.82. The zero-order valence-electron chi connectivity index (χ0n) is 15.7. The van der Waals surface area contributed by atoms with E-state index >= 15 is 0 Å². The number of H-pyrrole nitrogens is 1. The van der Waals surface area contributed by atoms with Gasteiger partial charge in [-0.2, -0.15) is 0 Å². The Hall–Kier alpha value is -2.82. The second-order valence-corrected chi connectivity index (χ2v) is 7.39. The summed E-state index contributed by atoms with van der Waals surface area (Å²) in [5.74, 6) is 1.04. The van der Waals surface area contributed by atoms with E-state index in [9.17, 15) is 4.79 Å². The molecular weight excluding hydrogens is 336 g/mol. The number of anilines is 1. The van der Waals surface area contributed by atoms with Crippen LogP contribution >= 0.6 is 0 Å². The predicted octanol–water partition coefficient (Wildman–Crippen LogP) is 3.45. The van der Waals surface area contributed by atoms with Gasteiger partial charge in [-0.05, 0) is 43.9 Å². The molecule has 5 heteroatoms. The lowest BCUT2D eigenvalue weighted by atomic mass is 9.97. The van der Waals surface area contributed by atoms with Crippen molar-refractivity contribution >= 4 is 22.9 Å². The number of carbonyl (C=O) groups excluding carboxylic acids is 1. The number of aromatic nitrogens is 2. The number of nitrogens with zero attached hydrogens (tertiary/aromatic N) is 2. The molecule has 1 aliphatic rings. The number of rotatable bonds is 5. The Balaban J connectivity index is 1.33. The van der Waals surface area contributed by atoms with E-state index in [-0.39, 0.29) is 11.8 Å². The minimum atomic E-state index is 0.0185. The summed E-state index contributed by atoms with van der Waals surface area (Å²) in [4.78, 5) is 22.9. The molecule has 5 nitrogen and oxygen atoms in total. The quantitative estimate of drug-likeness (QED) is 0.731. The number of fused-ring (bicyclic) bond motifs is 1. The Bertz CT molecular complexity index is 882. The molecule has 0 radical (unpaired) electrons. The van der Waals surface area contributed by atoms with Crippen LogP contribution in [0.25, 0.3) is 11.0 Å². The van der Waals surface area contributed by atoms with E-state index in [4.69, 9.17) is 0 Å². The van der Waals surface area contributed by atoms with Crippen molar-refractivity contribution in [1.82, 2.24) is 15.3 Å². The number of amides is 1. The topological polar surface area (TPSA) is 61.0 Å². The average molecular weight is 362 g/mol. The normalized spacial score (nSPS) is 17.2. The predicted molar refractivity (Wildman–Crippen MR) is 109 cm³/mol. The summed E-state index contributed by atoms with van der Waals surface area (Å²) in [5, 5.41) is 3.12. The minimum Gasteiger partial charge on any atom is -0.355 e. The molecule has 1 amide bonds. The number of aromatic amines is 1. The highest BCUT2D eigenvalue weighted by Gasteiger charge is 2.27. The lowest BCUT2D eigenvalue weighted by Crippen LogP contribution is -2.43. The van der Waals surface area contributed by atoms with Crippen molar-refractivity contribution in [3.05, 3.63) is 59.7 Å². The zero-order chi connectivity index (χ0) is 18.6. The Morgan fingerprint density at radius 3 is 2.85 bits per heavy atom. The maximum Gasteiger partial charge on any atom is 0.224 e. The van der Waals surface area contributed by atoms with Crippen LogP contribution in [-0.4, -0.2) is 35.5 Å². The number of piperidine rings is 1. The monoisotopic (exact) mass is 362 g/mol. The van der Waals surface area contributed by atoms with Crippen LogP contribution in [0.1, 0.15) is 24.0 Å². The Labute approximate surface area is 159 Å². The van der Waals surface area contributed by atoms with Crippen LogP contribution in [0.2, 0.25) is 0 Å². The first-order valence-corrected chi connectivity index (χ1v) is 9.72. The first-order chi connectivity index (χ1) is 13.2. The Morgan fingerprint density at radius 2 is 2.04 bits per heavy atom. The van der Waals surface area contributed by atoms with E-state index < -0.39 is 0 Å². The zero-order valence-corrected chi connectivity index (χ0v) is 15.7. The van der Waals surface area contributed by atoms with E-state index in [0.717, 1.165) is 49.3 Å². The van der Waals surface area contributed by atoms with Crippen molar-refractivity contribution in [2.24, 2.45) is 5.92 Å². The van der Waals surface area contributed by atoms with E-state index in [1.165, 1.54) is 11.1 Å². The third-order valence-electron chi connectivity index (χ3n) is 5.30. The lowest BCUT2D eigenvalue weighted by Gasteiger charge is -2.31. The fourth-order valence-electron chi connectivity index (χ4n) is 3.70. The SMILES string of the molecule is Cc1ccc(CCNC(=O)C2CCCN(c3nc4ccccc4[nH]3)C2)cc1. The maximum atomic E-state index is 12.6. The van der Waals surface area contributed by atoms with Crippen LogP contribution in [0.15, 0.2) is 48.5 Å². The first-order valence-electron chi connectivity index (χ1n) is 9.72. The van der Waals surface area contributed by atoms with Gasteiger partial charge in [-0.3, -0.25) is 4.79 Å². The highest BCUT2D eigenvalue weighted by atomic mass is 16.1. The summed E-state index contributed by atoms with van der Waals surface area (Å²) < 4.78 is 0. The molecule has 0 bridgehead atoms. The molecule has 1 atom stereocenters. The molecule has 27 heavy (non-hydrogen) atoms. The summed E-state index contributed by atoms with van der Waals surface area (Å²) in [6.45, 7) is 4.43. The van der Waals surface area contributed by atoms with Gasteiger partial charge in [-0.1, -0.05) is 42.0 Å². The fourth-order valence-corrected chi connectivity index (χ4v) is 3.70. The van der Waals surface area contributed by atoms with Crippen LogP contribution in [0.3, 0.4) is 0 Å². The van der Waals surface area contributed by atoms with Crippen LogP contribution in [-0.2, 0) is 11.2 Å². The minimum absolute atomic E-state index is 0.0185. The summed E-state index contributed by atoms with van der Waals surface area (Å²) in [6.07, 6.45) is 2.81. The van der Waals surface area contributed by atoms with Crippen molar-refractivity contribution in [1.29, 1.82) is 0 Å². The lowest BCUT2D eigenvalue weighted by molar-refractivity contribution is -0.125. The van der Waals surface area contributed by atoms with Gasteiger partial charge in [-0.25, -0.2) is 4.98 Å². The van der Waals surface area contributed by atoms with Gasteiger partial charge < -0.3 is 15.2 Å². The van der Waals surface area contributed by atoms with Crippen LogP contribution in [0, 0.1) is 12.8 Å². The molecule has 2 aromatic carbocycles. The molecule has 0 spiro atoms. The van der Waals surface area contributed by atoms with E-state index in [1.54, 1.807) is 0 Å². The molecule has 4 rings (SSSR count). The average Bonchev–Trinajstić information content (AvgIpc) is 3.14. The third kappa shape index (κ3) is 4.13. The molecule has 1 fully saturated rings. The fraction of sp³-hybridized carbons (Fsp3) is 0.364. The smallest absolute Gasteiger partial charge is 0.224 e. The summed E-state index contributed by atoms with van der Waals surface area (Å²) in [6, 6.07) is 16.5. The molecule has 140 valence electrons. The van der Waals surface area contributed by atoms with Crippen molar-refractivity contribution in [3.63, 3.8) is 0 Å².